The minimum Gasteiger partial charge on any atom is -0.496 e. The SMILES string of the molecule is COc1cc(OCc2csc(-c3ccco3)n2)c2cc(-c3cn4nc(OC)sc4n3)oc2c1. The van der Waals surface area contributed by atoms with Crippen molar-refractivity contribution in [2.45, 2.75) is 6.61 Å². The van der Waals surface area contributed by atoms with E-state index in [-0.39, 0.29) is 0 Å². The molecule has 1 aromatic carbocycles. The van der Waals surface area contributed by atoms with Gasteiger partial charge >= 0.3 is 0 Å². The van der Waals surface area contributed by atoms with Crippen molar-refractivity contribution < 1.29 is 23.0 Å². The first-order valence-corrected chi connectivity index (χ1v) is 11.5. The highest BCUT2D eigenvalue weighted by molar-refractivity contribution is 7.18. The van der Waals surface area contributed by atoms with Gasteiger partial charge in [-0.2, -0.15) is 0 Å². The zero-order chi connectivity index (χ0) is 22.4. The van der Waals surface area contributed by atoms with Crippen LogP contribution in [0.5, 0.6) is 16.7 Å². The number of furan rings is 2. The van der Waals surface area contributed by atoms with Gasteiger partial charge < -0.3 is 23.0 Å². The average molecular weight is 481 g/mol. The molecule has 5 heterocycles. The van der Waals surface area contributed by atoms with Crippen LogP contribution in [0, 0.1) is 0 Å². The zero-order valence-electron chi connectivity index (χ0n) is 17.5. The van der Waals surface area contributed by atoms with Crippen LogP contribution in [-0.2, 0) is 6.61 Å². The number of imidazole rings is 1. The largest absolute Gasteiger partial charge is 0.496 e. The van der Waals surface area contributed by atoms with Gasteiger partial charge in [0, 0.05) is 17.5 Å². The van der Waals surface area contributed by atoms with E-state index in [9.17, 15) is 0 Å². The molecule has 5 aromatic heterocycles. The van der Waals surface area contributed by atoms with Gasteiger partial charge in [0.05, 0.1) is 37.8 Å². The van der Waals surface area contributed by atoms with E-state index in [0.717, 1.165) is 21.8 Å². The van der Waals surface area contributed by atoms with Gasteiger partial charge in [-0.25, -0.2) is 14.5 Å². The Morgan fingerprint density at radius 3 is 2.82 bits per heavy atom. The third-order valence-corrected chi connectivity index (χ3v) is 6.71. The third-order valence-electron chi connectivity index (χ3n) is 4.92. The molecule has 0 atom stereocenters. The van der Waals surface area contributed by atoms with Crippen molar-refractivity contribution in [3.05, 3.63) is 53.9 Å². The molecule has 0 saturated heterocycles. The minimum absolute atomic E-state index is 0.296. The van der Waals surface area contributed by atoms with Crippen LogP contribution in [-0.4, -0.2) is 33.8 Å². The lowest BCUT2D eigenvalue weighted by Crippen LogP contribution is -1.96. The Bertz CT molecular complexity index is 1530. The molecule has 166 valence electrons. The summed E-state index contributed by atoms with van der Waals surface area (Å²) in [5.74, 6) is 2.60. The molecule has 6 rings (SSSR count). The van der Waals surface area contributed by atoms with Crippen LogP contribution in [0.1, 0.15) is 5.69 Å². The Balaban J connectivity index is 1.31. The number of hydrogen-bond acceptors (Lipinski definition) is 10. The summed E-state index contributed by atoms with van der Waals surface area (Å²) in [5.41, 5.74) is 2.11. The second-order valence-electron chi connectivity index (χ2n) is 6.98. The van der Waals surface area contributed by atoms with Crippen molar-refractivity contribution >= 4 is 38.6 Å². The van der Waals surface area contributed by atoms with E-state index in [1.807, 2.05) is 35.7 Å². The molecule has 0 aliphatic rings. The summed E-state index contributed by atoms with van der Waals surface area (Å²) < 4.78 is 29.9. The Kier molecular flexibility index (Phi) is 4.77. The third kappa shape index (κ3) is 3.60. The van der Waals surface area contributed by atoms with Crippen LogP contribution < -0.4 is 14.2 Å². The van der Waals surface area contributed by atoms with Crippen LogP contribution >= 0.6 is 22.7 Å². The fourth-order valence-electron chi connectivity index (χ4n) is 3.37. The molecule has 0 fully saturated rings. The molecular formula is C22H16N4O5S2. The molecular weight excluding hydrogens is 464 g/mol. The number of rotatable bonds is 7. The molecule has 11 heteroatoms. The number of aromatic nitrogens is 4. The van der Waals surface area contributed by atoms with Gasteiger partial charge in [0.25, 0.3) is 5.19 Å². The van der Waals surface area contributed by atoms with Crippen molar-refractivity contribution in [2.24, 2.45) is 0 Å². The molecule has 6 aromatic rings. The average Bonchev–Trinajstić information content (AvgIpc) is 3.63. The maximum absolute atomic E-state index is 6.12. The number of hydrogen-bond donors (Lipinski definition) is 0. The van der Waals surface area contributed by atoms with E-state index in [0.29, 0.717) is 45.3 Å². The molecule has 0 unspecified atom stereocenters. The van der Waals surface area contributed by atoms with E-state index in [4.69, 9.17) is 23.0 Å². The monoisotopic (exact) mass is 480 g/mol. The van der Waals surface area contributed by atoms with E-state index >= 15 is 0 Å². The van der Waals surface area contributed by atoms with E-state index < -0.39 is 0 Å². The fourth-order valence-corrected chi connectivity index (χ4v) is 4.84. The van der Waals surface area contributed by atoms with Gasteiger partial charge in [-0.15, -0.1) is 16.4 Å². The second kappa shape index (κ2) is 7.94. The summed E-state index contributed by atoms with van der Waals surface area (Å²) in [5, 5.41) is 8.44. The van der Waals surface area contributed by atoms with Gasteiger partial charge in [0.1, 0.15) is 29.4 Å². The molecule has 0 aliphatic heterocycles. The smallest absolute Gasteiger partial charge is 0.294 e. The number of methoxy groups -OCH3 is 2. The fraction of sp³-hybridized carbons (Fsp3) is 0.136. The molecule has 0 spiro atoms. The van der Waals surface area contributed by atoms with Crippen LogP contribution in [0.4, 0.5) is 0 Å². The predicted octanol–water partition coefficient (Wildman–Crippen LogP) is 5.52. The normalized spacial score (nSPS) is 11.5. The Labute approximate surface area is 194 Å². The highest BCUT2D eigenvalue weighted by Gasteiger charge is 2.17. The molecule has 0 saturated carbocycles. The van der Waals surface area contributed by atoms with Crippen molar-refractivity contribution in [3.63, 3.8) is 0 Å². The van der Waals surface area contributed by atoms with Crippen molar-refractivity contribution in [1.82, 2.24) is 19.6 Å². The molecule has 0 radical (unpaired) electrons. The molecule has 33 heavy (non-hydrogen) atoms. The zero-order valence-corrected chi connectivity index (χ0v) is 19.1. The summed E-state index contributed by atoms with van der Waals surface area (Å²) in [6, 6.07) is 9.28. The van der Waals surface area contributed by atoms with Crippen LogP contribution in [0.15, 0.2) is 57.0 Å². The molecule has 0 aliphatic carbocycles. The maximum Gasteiger partial charge on any atom is 0.294 e. The first-order chi connectivity index (χ1) is 16.2. The molecule has 0 N–H and O–H groups in total. The number of benzene rings is 1. The van der Waals surface area contributed by atoms with Crippen molar-refractivity contribution in [3.8, 4) is 38.9 Å². The standard InChI is InChI=1S/C22H16N4O5S2/c1-27-13-6-17(30-10-12-11-32-20(23-12)16-4-3-5-29-16)14-8-19(31-18(14)7-13)15-9-26-21(24-15)33-22(25-26)28-2/h3-9,11H,10H2,1-2H3. The molecule has 0 amide bonds. The van der Waals surface area contributed by atoms with Gasteiger partial charge in [-0.1, -0.05) is 0 Å². The first kappa shape index (κ1) is 19.8. The Morgan fingerprint density at radius 1 is 1.09 bits per heavy atom. The van der Waals surface area contributed by atoms with Gasteiger partial charge in [0.2, 0.25) is 4.96 Å². The Hall–Kier alpha value is -3.83. The summed E-state index contributed by atoms with van der Waals surface area (Å²) >= 11 is 2.86. The lowest BCUT2D eigenvalue weighted by Gasteiger charge is -2.07. The molecule has 0 bridgehead atoms. The van der Waals surface area contributed by atoms with Gasteiger partial charge in [-0.3, -0.25) is 0 Å². The highest BCUT2D eigenvalue weighted by Crippen LogP contribution is 2.37. The Morgan fingerprint density at radius 2 is 2.03 bits per heavy atom. The minimum atomic E-state index is 0.296. The van der Waals surface area contributed by atoms with Crippen molar-refractivity contribution in [1.29, 1.82) is 0 Å². The van der Waals surface area contributed by atoms with E-state index in [1.54, 1.807) is 31.2 Å². The second-order valence-corrected chi connectivity index (χ2v) is 8.76. The topological polar surface area (TPSA) is 97.1 Å². The van der Waals surface area contributed by atoms with Crippen LogP contribution in [0.2, 0.25) is 0 Å². The lowest BCUT2D eigenvalue weighted by molar-refractivity contribution is 0.303. The highest BCUT2D eigenvalue weighted by atomic mass is 32.1. The van der Waals surface area contributed by atoms with Gasteiger partial charge in [-0.05, 0) is 29.5 Å². The van der Waals surface area contributed by atoms with E-state index in [1.165, 1.54) is 22.7 Å². The number of thiazole rings is 1. The van der Waals surface area contributed by atoms with Crippen LogP contribution in [0.25, 0.3) is 38.2 Å². The number of fused-ring (bicyclic) bond motifs is 2. The van der Waals surface area contributed by atoms with E-state index in [2.05, 4.69) is 15.1 Å². The summed E-state index contributed by atoms with van der Waals surface area (Å²) in [6.07, 6.45) is 3.43. The summed E-state index contributed by atoms with van der Waals surface area (Å²) in [7, 11) is 3.18. The summed E-state index contributed by atoms with van der Waals surface area (Å²) in [6.45, 7) is 0.296. The van der Waals surface area contributed by atoms with Crippen molar-refractivity contribution in [2.75, 3.05) is 14.2 Å². The first-order valence-electron chi connectivity index (χ1n) is 9.83. The number of ether oxygens (including phenoxy) is 3. The van der Waals surface area contributed by atoms with Crippen LogP contribution in [0.3, 0.4) is 0 Å². The van der Waals surface area contributed by atoms with Gasteiger partial charge in [0.15, 0.2) is 16.5 Å². The quantitative estimate of drug-likeness (QED) is 0.295. The molecule has 9 nitrogen and oxygen atoms in total. The predicted molar refractivity (Wildman–Crippen MR) is 123 cm³/mol. The summed E-state index contributed by atoms with van der Waals surface area (Å²) in [4.78, 5) is 9.90. The number of nitrogens with zero attached hydrogens (tertiary/aromatic N) is 4. The lowest BCUT2D eigenvalue weighted by atomic mass is 10.2. The maximum atomic E-state index is 6.12.